The molecule has 1 aromatic heterocycles. The van der Waals surface area contributed by atoms with Gasteiger partial charge in [-0.3, -0.25) is 14.6 Å². The molecule has 0 aliphatic heterocycles. The van der Waals surface area contributed by atoms with E-state index in [0.717, 1.165) is 12.1 Å². The van der Waals surface area contributed by atoms with Crippen molar-refractivity contribution in [1.82, 2.24) is 15.6 Å². The lowest BCUT2D eigenvalue weighted by molar-refractivity contribution is -0.127. The van der Waals surface area contributed by atoms with Crippen molar-refractivity contribution in [2.75, 3.05) is 6.54 Å². The molecule has 5 nitrogen and oxygen atoms in total. The molecular formula is C19H21N3O2. The highest BCUT2D eigenvalue weighted by molar-refractivity contribution is 5.92. The highest BCUT2D eigenvalue weighted by atomic mass is 16.2. The van der Waals surface area contributed by atoms with Gasteiger partial charge in [0.2, 0.25) is 11.8 Å². The summed E-state index contributed by atoms with van der Waals surface area (Å²) in [5.41, 5.74) is 2.01. The van der Waals surface area contributed by atoms with Gasteiger partial charge in [-0.25, -0.2) is 0 Å². The fraction of sp³-hybridized carbons (Fsp3) is 0.316. The van der Waals surface area contributed by atoms with Crippen molar-refractivity contribution in [1.29, 1.82) is 0 Å². The Bertz CT molecular complexity index is 688. The number of rotatable bonds is 7. The number of amides is 2. The molecular weight excluding hydrogens is 302 g/mol. The van der Waals surface area contributed by atoms with E-state index >= 15 is 0 Å². The van der Waals surface area contributed by atoms with Crippen LogP contribution in [0.3, 0.4) is 0 Å². The molecule has 0 saturated heterocycles. The zero-order valence-electron chi connectivity index (χ0n) is 13.4. The van der Waals surface area contributed by atoms with Crippen LogP contribution in [-0.2, 0) is 22.6 Å². The van der Waals surface area contributed by atoms with E-state index in [2.05, 4.69) is 15.6 Å². The predicted molar refractivity (Wildman–Crippen MR) is 90.8 cm³/mol. The molecule has 124 valence electrons. The minimum Gasteiger partial charge on any atom is -0.356 e. The van der Waals surface area contributed by atoms with E-state index in [0.29, 0.717) is 19.5 Å². The van der Waals surface area contributed by atoms with Crippen LogP contribution < -0.4 is 10.6 Å². The molecule has 2 aromatic rings. The van der Waals surface area contributed by atoms with Crippen molar-refractivity contribution in [2.24, 2.45) is 11.8 Å². The number of hydrogen-bond acceptors (Lipinski definition) is 3. The average molecular weight is 323 g/mol. The zero-order valence-corrected chi connectivity index (χ0v) is 13.4. The maximum atomic E-state index is 12.1. The fourth-order valence-electron chi connectivity index (χ4n) is 2.69. The molecule has 1 aliphatic carbocycles. The molecule has 24 heavy (non-hydrogen) atoms. The lowest BCUT2D eigenvalue weighted by Gasteiger charge is -2.06. The molecule has 1 saturated carbocycles. The van der Waals surface area contributed by atoms with Crippen LogP contribution in [-0.4, -0.2) is 23.3 Å². The summed E-state index contributed by atoms with van der Waals surface area (Å²) in [6.07, 6.45) is 3.13. The number of benzene rings is 1. The quantitative estimate of drug-likeness (QED) is 0.814. The van der Waals surface area contributed by atoms with Crippen molar-refractivity contribution >= 4 is 11.8 Å². The van der Waals surface area contributed by atoms with Crippen molar-refractivity contribution < 1.29 is 9.59 Å². The lowest BCUT2D eigenvalue weighted by Crippen LogP contribution is -2.31. The SMILES string of the molecule is O=C(NCCc1ccccc1)C1CC1C(=O)NCc1ccccn1. The van der Waals surface area contributed by atoms with Gasteiger partial charge in [0.25, 0.3) is 0 Å². The number of nitrogens with zero attached hydrogens (tertiary/aromatic N) is 1. The van der Waals surface area contributed by atoms with Crippen molar-refractivity contribution in [2.45, 2.75) is 19.4 Å². The van der Waals surface area contributed by atoms with E-state index in [1.165, 1.54) is 5.56 Å². The molecule has 0 spiro atoms. The maximum Gasteiger partial charge on any atom is 0.224 e. The van der Waals surface area contributed by atoms with E-state index in [9.17, 15) is 9.59 Å². The summed E-state index contributed by atoms with van der Waals surface area (Å²) < 4.78 is 0. The number of pyridine rings is 1. The van der Waals surface area contributed by atoms with E-state index < -0.39 is 0 Å². The Morgan fingerprint density at radius 1 is 0.958 bits per heavy atom. The van der Waals surface area contributed by atoms with Crippen LogP contribution in [0.25, 0.3) is 0 Å². The Hall–Kier alpha value is -2.69. The summed E-state index contributed by atoms with van der Waals surface area (Å²) in [4.78, 5) is 28.3. The Morgan fingerprint density at radius 3 is 2.38 bits per heavy atom. The lowest BCUT2D eigenvalue weighted by atomic mass is 10.1. The number of aromatic nitrogens is 1. The summed E-state index contributed by atoms with van der Waals surface area (Å²) >= 11 is 0. The molecule has 2 N–H and O–H groups in total. The summed E-state index contributed by atoms with van der Waals surface area (Å²) in [5.74, 6) is -0.484. The Labute approximate surface area is 141 Å². The third-order valence-electron chi connectivity index (χ3n) is 4.19. The van der Waals surface area contributed by atoms with E-state index in [4.69, 9.17) is 0 Å². The van der Waals surface area contributed by atoms with E-state index in [-0.39, 0.29) is 23.7 Å². The number of nitrogens with one attached hydrogen (secondary N) is 2. The third kappa shape index (κ3) is 4.41. The normalized spacial score (nSPS) is 18.7. The molecule has 2 amide bonds. The Balaban J connectivity index is 1.36. The first-order valence-electron chi connectivity index (χ1n) is 8.23. The predicted octanol–water partition coefficient (Wildman–Crippen LogP) is 1.69. The standard InChI is InChI=1S/C19H21N3O2/c23-18(21-11-9-14-6-2-1-3-7-14)16-12-17(16)19(24)22-13-15-8-4-5-10-20-15/h1-8,10,16-17H,9,11-13H2,(H,21,23)(H,22,24). The van der Waals surface area contributed by atoms with Gasteiger partial charge in [0.15, 0.2) is 0 Å². The van der Waals surface area contributed by atoms with Crippen LogP contribution in [0.5, 0.6) is 0 Å². The van der Waals surface area contributed by atoms with Crippen LogP contribution in [0.4, 0.5) is 0 Å². The molecule has 1 aromatic carbocycles. The fourth-order valence-corrected chi connectivity index (χ4v) is 2.69. The third-order valence-corrected chi connectivity index (χ3v) is 4.19. The van der Waals surface area contributed by atoms with Gasteiger partial charge in [0.05, 0.1) is 24.1 Å². The van der Waals surface area contributed by atoms with Crippen LogP contribution in [0.15, 0.2) is 54.7 Å². The summed E-state index contributed by atoms with van der Waals surface area (Å²) in [7, 11) is 0. The zero-order chi connectivity index (χ0) is 16.8. The first-order valence-corrected chi connectivity index (χ1v) is 8.23. The highest BCUT2D eigenvalue weighted by Crippen LogP contribution is 2.38. The molecule has 2 unspecified atom stereocenters. The largest absolute Gasteiger partial charge is 0.356 e. The van der Waals surface area contributed by atoms with E-state index in [1.807, 2.05) is 48.5 Å². The molecule has 3 rings (SSSR count). The molecule has 1 aliphatic rings. The second kappa shape index (κ2) is 7.73. The Kier molecular flexibility index (Phi) is 5.21. The van der Waals surface area contributed by atoms with Gasteiger partial charge in [0, 0.05) is 12.7 Å². The smallest absolute Gasteiger partial charge is 0.224 e. The first-order chi connectivity index (χ1) is 11.7. The van der Waals surface area contributed by atoms with Gasteiger partial charge in [-0.05, 0) is 30.5 Å². The molecule has 0 radical (unpaired) electrons. The van der Waals surface area contributed by atoms with Gasteiger partial charge in [-0.1, -0.05) is 36.4 Å². The summed E-state index contributed by atoms with van der Waals surface area (Å²) in [5, 5.41) is 5.77. The van der Waals surface area contributed by atoms with Gasteiger partial charge < -0.3 is 10.6 Å². The summed E-state index contributed by atoms with van der Waals surface area (Å²) in [6.45, 7) is 1.00. The second-order valence-corrected chi connectivity index (χ2v) is 6.01. The van der Waals surface area contributed by atoms with Crippen molar-refractivity contribution in [3.05, 3.63) is 66.0 Å². The number of hydrogen-bond donors (Lipinski definition) is 2. The summed E-state index contributed by atoms with van der Waals surface area (Å²) in [6, 6.07) is 15.6. The average Bonchev–Trinajstić information content (AvgIpc) is 3.42. The minimum atomic E-state index is -0.203. The van der Waals surface area contributed by atoms with E-state index in [1.54, 1.807) is 6.20 Å². The highest BCUT2D eigenvalue weighted by Gasteiger charge is 2.47. The minimum absolute atomic E-state index is 0.0242. The molecule has 1 heterocycles. The molecule has 1 fully saturated rings. The molecule has 5 heteroatoms. The van der Waals surface area contributed by atoms with Crippen molar-refractivity contribution in [3.8, 4) is 0 Å². The maximum absolute atomic E-state index is 12.1. The van der Waals surface area contributed by atoms with Gasteiger partial charge in [-0.15, -0.1) is 0 Å². The molecule has 0 bridgehead atoms. The Morgan fingerprint density at radius 2 is 1.67 bits per heavy atom. The van der Waals surface area contributed by atoms with Gasteiger partial charge in [-0.2, -0.15) is 0 Å². The monoisotopic (exact) mass is 323 g/mol. The molecule has 2 atom stereocenters. The first kappa shape index (κ1) is 16.2. The van der Waals surface area contributed by atoms with Crippen LogP contribution in [0.1, 0.15) is 17.7 Å². The van der Waals surface area contributed by atoms with Crippen LogP contribution >= 0.6 is 0 Å². The number of carbonyl (C=O) groups is 2. The van der Waals surface area contributed by atoms with Gasteiger partial charge >= 0.3 is 0 Å². The van der Waals surface area contributed by atoms with Crippen LogP contribution in [0, 0.1) is 11.8 Å². The van der Waals surface area contributed by atoms with Crippen molar-refractivity contribution in [3.63, 3.8) is 0 Å². The van der Waals surface area contributed by atoms with Crippen LogP contribution in [0.2, 0.25) is 0 Å². The second-order valence-electron chi connectivity index (χ2n) is 6.01. The number of carbonyl (C=O) groups excluding carboxylic acids is 2. The van der Waals surface area contributed by atoms with Gasteiger partial charge in [0.1, 0.15) is 0 Å². The topological polar surface area (TPSA) is 71.1 Å².